The maximum atomic E-state index is 5.29. The average Bonchev–Trinajstić information content (AvgIpc) is 1.63. The Bertz CT molecular complexity index is 56.1. The molecule has 0 aliphatic heterocycles. The Labute approximate surface area is 73.4 Å². The SMILES string of the molecule is CC(C)OCCC(Br)Br. The third-order valence-electron chi connectivity index (χ3n) is 0.787. The molecule has 0 saturated heterocycles. The first-order valence-corrected chi connectivity index (χ1v) is 4.86. The summed E-state index contributed by atoms with van der Waals surface area (Å²) in [5, 5.41) is 0. The minimum absolute atomic E-state index is 0.351. The molecule has 0 radical (unpaired) electrons. The topological polar surface area (TPSA) is 9.23 Å². The molecular formula is C6H12Br2O. The quantitative estimate of drug-likeness (QED) is 0.706. The van der Waals surface area contributed by atoms with Crippen molar-refractivity contribution in [3.05, 3.63) is 0 Å². The molecule has 0 aliphatic carbocycles. The highest BCUT2D eigenvalue weighted by Gasteiger charge is 1.97. The van der Waals surface area contributed by atoms with Crippen LogP contribution in [0.2, 0.25) is 0 Å². The normalized spacial score (nSPS) is 11.3. The van der Waals surface area contributed by atoms with Crippen LogP contribution in [0, 0.1) is 0 Å². The van der Waals surface area contributed by atoms with Crippen molar-refractivity contribution in [1.29, 1.82) is 0 Å². The molecule has 0 bridgehead atoms. The summed E-state index contributed by atoms with van der Waals surface area (Å²) in [4.78, 5) is 0. The van der Waals surface area contributed by atoms with Crippen molar-refractivity contribution >= 4 is 31.9 Å². The van der Waals surface area contributed by atoms with E-state index in [2.05, 4.69) is 31.9 Å². The Morgan fingerprint density at radius 3 is 2.22 bits per heavy atom. The van der Waals surface area contributed by atoms with E-state index in [1.54, 1.807) is 0 Å². The zero-order chi connectivity index (χ0) is 7.28. The summed E-state index contributed by atoms with van der Waals surface area (Å²) in [6.07, 6.45) is 1.36. The second-order valence-corrected chi connectivity index (χ2v) is 5.54. The van der Waals surface area contributed by atoms with Crippen LogP contribution in [0.5, 0.6) is 0 Å². The van der Waals surface area contributed by atoms with Crippen LogP contribution in [0.4, 0.5) is 0 Å². The summed E-state index contributed by atoms with van der Waals surface area (Å²) in [7, 11) is 0. The van der Waals surface area contributed by atoms with Crippen LogP contribution in [0.15, 0.2) is 0 Å². The van der Waals surface area contributed by atoms with E-state index in [1.807, 2.05) is 13.8 Å². The van der Waals surface area contributed by atoms with E-state index >= 15 is 0 Å². The molecule has 0 aromatic rings. The van der Waals surface area contributed by atoms with E-state index in [9.17, 15) is 0 Å². The number of halogens is 2. The lowest BCUT2D eigenvalue weighted by atomic mass is 10.4. The first kappa shape index (κ1) is 9.92. The smallest absolute Gasteiger partial charge is 0.0719 e. The van der Waals surface area contributed by atoms with Crippen molar-refractivity contribution in [3.8, 4) is 0 Å². The van der Waals surface area contributed by atoms with Gasteiger partial charge in [-0.25, -0.2) is 0 Å². The molecule has 1 nitrogen and oxygen atoms in total. The summed E-state index contributed by atoms with van der Waals surface area (Å²) in [5.74, 6) is 0. The van der Waals surface area contributed by atoms with E-state index in [1.165, 1.54) is 0 Å². The van der Waals surface area contributed by atoms with Gasteiger partial charge in [0.2, 0.25) is 0 Å². The summed E-state index contributed by atoms with van der Waals surface area (Å²) >= 11 is 6.72. The van der Waals surface area contributed by atoms with Gasteiger partial charge in [0.25, 0.3) is 0 Å². The van der Waals surface area contributed by atoms with Crippen LogP contribution >= 0.6 is 31.9 Å². The highest BCUT2D eigenvalue weighted by Crippen LogP contribution is 2.12. The minimum Gasteiger partial charge on any atom is -0.379 e. The predicted octanol–water partition coefficient (Wildman–Crippen LogP) is 2.92. The van der Waals surface area contributed by atoms with Crippen LogP contribution in [0.1, 0.15) is 20.3 Å². The predicted molar refractivity (Wildman–Crippen MR) is 47.3 cm³/mol. The molecule has 56 valence electrons. The third kappa shape index (κ3) is 8.92. The lowest BCUT2D eigenvalue weighted by Gasteiger charge is -2.06. The first-order chi connectivity index (χ1) is 4.13. The van der Waals surface area contributed by atoms with Crippen molar-refractivity contribution < 1.29 is 4.74 Å². The molecule has 0 aliphatic rings. The molecule has 3 heteroatoms. The second-order valence-electron chi connectivity index (χ2n) is 2.10. The highest BCUT2D eigenvalue weighted by atomic mass is 79.9. The van der Waals surface area contributed by atoms with Crippen LogP contribution in [-0.4, -0.2) is 16.4 Å². The average molecular weight is 260 g/mol. The largest absolute Gasteiger partial charge is 0.379 e. The van der Waals surface area contributed by atoms with Gasteiger partial charge in [0.1, 0.15) is 0 Å². The van der Waals surface area contributed by atoms with Gasteiger partial charge >= 0.3 is 0 Å². The molecule has 0 aromatic heterocycles. The molecule has 0 aromatic carbocycles. The lowest BCUT2D eigenvalue weighted by Crippen LogP contribution is -2.05. The fourth-order valence-electron chi connectivity index (χ4n) is 0.393. The number of rotatable bonds is 4. The Hall–Kier alpha value is 0.920. The fraction of sp³-hybridized carbons (Fsp3) is 1.00. The van der Waals surface area contributed by atoms with Crippen molar-refractivity contribution in [2.75, 3.05) is 6.61 Å². The zero-order valence-corrected chi connectivity index (χ0v) is 8.91. The zero-order valence-electron chi connectivity index (χ0n) is 5.73. The van der Waals surface area contributed by atoms with E-state index in [-0.39, 0.29) is 0 Å². The molecule has 0 saturated carbocycles. The fourth-order valence-corrected chi connectivity index (χ4v) is 0.767. The van der Waals surface area contributed by atoms with E-state index < -0.39 is 0 Å². The van der Waals surface area contributed by atoms with Crippen LogP contribution in [0.25, 0.3) is 0 Å². The highest BCUT2D eigenvalue weighted by molar-refractivity contribution is 9.24. The van der Waals surface area contributed by atoms with Crippen LogP contribution in [-0.2, 0) is 4.74 Å². The number of alkyl halides is 2. The van der Waals surface area contributed by atoms with Gasteiger partial charge in [-0.1, -0.05) is 31.9 Å². The van der Waals surface area contributed by atoms with Crippen molar-refractivity contribution in [2.24, 2.45) is 0 Å². The maximum Gasteiger partial charge on any atom is 0.0719 e. The summed E-state index contributed by atoms with van der Waals surface area (Å²) in [6, 6.07) is 0. The van der Waals surface area contributed by atoms with Crippen LogP contribution in [0.3, 0.4) is 0 Å². The van der Waals surface area contributed by atoms with E-state index in [4.69, 9.17) is 4.74 Å². The molecule has 0 spiro atoms. The van der Waals surface area contributed by atoms with Gasteiger partial charge in [0.05, 0.1) is 9.84 Å². The molecule has 0 atom stereocenters. The Kier molecular flexibility index (Phi) is 6.27. The molecule has 0 rings (SSSR count). The Balaban J connectivity index is 2.91. The lowest BCUT2D eigenvalue weighted by molar-refractivity contribution is 0.0794. The summed E-state index contributed by atoms with van der Waals surface area (Å²) in [6.45, 7) is 4.90. The first-order valence-electron chi connectivity index (χ1n) is 3.02. The molecule has 0 fully saturated rings. The standard InChI is InChI=1S/C6H12Br2O/c1-5(2)9-4-3-6(7)8/h5-6H,3-4H2,1-2H3. The summed E-state index contributed by atoms with van der Waals surface area (Å²) < 4.78 is 5.68. The Morgan fingerprint density at radius 2 is 1.89 bits per heavy atom. The molecule has 0 unspecified atom stereocenters. The van der Waals surface area contributed by atoms with Gasteiger partial charge in [-0.15, -0.1) is 0 Å². The Morgan fingerprint density at radius 1 is 1.33 bits per heavy atom. The molecular weight excluding hydrogens is 248 g/mol. The molecule has 0 heterocycles. The monoisotopic (exact) mass is 258 g/mol. The van der Waals surface area contributed by atoms with E-state index in [0.29, 0.717) is 9.84 Å². The maximum absolute atomic E-state index is 5.29. The van der Waals surface area contributed by atoms with Crippen molar-refractivity contribution in [3.63, 3.8) is 0 Å². The van der Waals surface area contributed by atoms with Crippen LogP contribution < -0.4 is 0 Å². The van der Waals surface area contributed by atoms with Gasteiger partial charge in [0, 0.05) is 6.61 Å². The number of hydrogen-bond acceptors (Lipinski definition) is 1. The minimum atomic E-state index is 0.351. The van der Waals surface area contributed by atoms with Gasteiger partial charge in [0.15, 0.2) is 0 Å². The van der Waals surface area contributed by atoms with E-state index in [0.717, 1.165) is 13.0 Å². The van der Waals surface area contributed by atoms with Crippen molar-refractivity contribution in [2.45, 2.75) is 30.1 Å². The third-order valence-corrected chi connectivity index (χ3v) is 1.70. The molecule has 0 N–H and O–H groups in total. The van der Waals surface area contributed by atoms with Gasteiger partial charge < -0.3 is 4.74 Å². The van der Waals surface area contributed by atoms with Gasteiger partial charge in [-0.3, -0.25) is 0 Å². The number of ether oxygens (including phenoxy) is 1. The molecule has 0 amide bonds. The second kappa shape index (κ2) is 5.69. The van der Waals surface area contributed by atoms with Crippen molar-refractivity contribution in [1.82, 2.24) is 0 Å². The van der Waals surface area contributed by atoms with Gasteiger partial charge in [-0.05, 0) is 20.3 Å². The van der Waals surface area contributed by atoms with Gasteiger partial charge in [-0.2, -0.15) is 0 Å². The number of hydrogen-bond donors (Lipinski definition) is 0. The summed E-state index contributed by atoms with van der Waals surface area (Å²) in [5.41, 5.74) is 0. The molecule has 9 heavy (non-hydrogen) atoms.